The molecule has 748 valence electrons. The van der Waals surface area contributed by atoms with Crippen molar-refractivity contribution in [1.82, 2.24) is 0 Å². The van der Waals surface area contributed by atoms with Gasteiger partial charge >= 0.3 is 52.8 Å². The summed E-state index contributed by atoms with van der Waals surface area (Å²) in [4.78, 5) is 0. The van der Waals surface area contributed by atoms with Gasteiger partial charge in [0.1, 0.15) is 53.3 Å². The van der Waals surface area contributed by atoms with Crippen molar-refractivity contribution in [3.8, 4) is 46.0 Å². The topological polar surface area (TPSA) is 240 Å². The fraction of sp³-hybridized carbons (Fsp3) is 0.636. The lowest BCUT2D eigenvalue weighted by Crippen LogP contribution is -2.48. The third-order valence-corrected chi connectivity index (χ3v) is 37.8. The first-order valence-corrected chi connectivity index (χ1v) is 59.8. The number of ether oxygens (including phenoxy) is 8. The van der Waals surface area contributed by atoms with Gasteiger partial charge in [-0.1, -0.05) is 54.6 Å². The quantitative estimate of drug-likeness (QED) is 0.0322. The van der Waals surface area contributed by atoms with E-state index in [1.807, 2.05) is 244 Å². The third-order valence-electron chi connectivity index (χ3n) is 19.2. The second-order valence-electron chi connectivity index (χ2n) is 30.2. The Balaban J connectivity index is 0.000000532. The molecule has 26 nitrogen and oxygen atoms in total. The van der Waals surface area contributed by atoms with Crippen LogP contribution in [0.15, 0.2) is 133 Å². The lowest BCUT2D eigenvalue weighted by Gasteiger charge is -2.28. The first-order chi connectivity index (χ1) is 63.3. The Morgan fingerprint density at radius 3 is 0.733 bits per heavy atom. The Morgan fingerprint density at radius 2 is 0.466 bits per heavy atom. The number of methoxy groups -OCH3 is 3. The first kappa shape index (κ1) is 121. The van der Waals surface area contributed by atoms with Crippen LogP contribution in [0.2, 0.25) is 24.2 Å². The molecule has 0 atom stereocenters. The lowest BCUT2D eigenvalue weighted by molar-refractivity contribution is 0.0695. The van der Waals surface area contributed by atoms with Gasteiger partial charge in [-0.15, -0.1) is 0 Å². The van der Waals surface area contributed by atoms with Gasteiger partial charge < -0.3 is 118 Å². The van der Waals surface area contributed by atoms with Crippen molar-refractivity contribution < 1.29 is 118 Å². The minimum atomic E-state index is -2.64. The van der Waals surface area contributed by atoms with E-state index in [0.29, 0.717) is 157 Å². The molecule has 1 aliphatic rings. The van der Waals surface area contributed by atoms with Crippen LogP contribution in [0.5, 0.6) is 46.0 Å². The second-order valence-corrected chi connectivity index (χ2v) is 46.3. The van der Waals surface area contributed by atoms with Gasteiger partial charge in [0.25, 0.3) is 0 Å². The van der Waals surface area contributed by atoms with Crippen molar-refractivity contribution in [3.63, 3.8) is 0 Å². The van der Waals surface area contributed by atoms with E-state index in [-0.39, 0.29) is 5.60 Å². The van der Waals surface area contributed by atoms with Gasteiger partial charge in [0, 0.05) is 161 Å². The lowest BCUT2D eigenvalue weighted by atomic mass is 10.1. The van der Waals surface area contributed by atoms with Gasteiger partial charge in [-0.05, 0) is 317 Å². The predicted octanol–water partition coefficient (Wildman–Crippen LogP) is 22.1. The molecule has 0 saturated heterocycles. The van der Waals surface area contributed by atoms with E-state index in [1.165, 1.54) is 22.3 Å². The van der Waals surface area contributed by atoms with Crippen molar-refractivity contribution in [2.24, 2.45) is 0 Å². The van der Waals surface area contributed by atoms with E-state index in [1.54, 1.807) is 21.3 Å². The number of aryl methyl sites for hydroxylation is 4. The third kappa shape index (κ3) is 49.8. The maximum absolute atomic E-state index is 5.89. The van der Waals surface area contributed by atoms with E-state index in [9.17, 15) is 0 Å². The van der Waals surface area contributed by atoms with Crippen LogP contribution in [0, 0.1) is 0 Å². The van der Waals surface area contributed by atoms with Crippen LogP contribution in [0.3, 0.4) is 0 Å². The van der Waals surface area contributed by atoms with Crippen LogP contribution in [0.4, 0.5) is 0 Å². The Labute approximate surface area is 797 Å². The van der Waals surface area contributed by atoms with Crippen LogP contribution >= 0.6 is 0 Å². The van der Waals surface area contributed by atoms with Crippen molar-refractivity contribution in [1.29, 1.82) is 0 Å². The van der Waals surface area contributed by atoms with Gasteiger partial charge in [0.2, 0.25) is 0 Å². The van der Waals surface area contributed by atoms with Crippen molar-refractivity contribution >= 4 is 52.8 Å². The number of hydrogen-bond acceptors (Lipinski definition) is 26. The highest BCUT2D eigenvalue weighted by Crippen LogP contribution is 2.34. The molecule has 0 fully saturated rings. The number of fused-ring (bicyclic) bond motifs is 1. The first-order valence-electron chi connectivity index (χ1n) is 48.2. The number of hydrogen-bond donors (Lipinski definition) is 0. The molecule has 1 heterocycles. The highest BCUT2D eigenvalue weighted by atomic mass is 28.4. The highest BCUT2D eigenvalue weighted by molar-refractivity contribution is 6.62. The fourth-order valence-electron chi connectivity index (χ4n) is 14.3. The molecule has 0 radical (unpaired) electrons. The zero-order chi connectivity index (χ0) is 97.0. The van der Waals surface area contributed by atoms with Gasteiger partial charge in [-0.25, -0.2) is 0 Å². The molecule has 0 aromatic heterocycles. The van der Waals surface area contributed by atoms with Crippen LogP contribution in [-0.2, 0) is 117 Å². The summed E-state index contributed by atoms with van der Waals surface area (Å²) in [7, 11) is -10.3. The van der Waals surface area contributed by atoms with E-state index in [2.05, 4.69) is 48.5 Å². The van der Waals surface area contributed by atoms with E-state index < -0.39 is 52.8 Å². The molecule has 0 amide bonds. The summed E-state index contributed by atoms with van der Waals surface area (Å²) in [5.41, 5.74) is 7.11. The standard InChI is InChI=1S/C17H28O5Si.C17H30O5Si.2C17H30O4Si.C16H28O4Si.C15H26O4Si/c1-4-20-23(21-5-2,22-6-3)13-7-8-15-9-10-16-17(14-15)19-12-11-18-16;1-6-20-23(21-7-2,22-8-3)11-9-10-15-12-16(18-4)14-17(13-15)19-5;1-7-18-22(19-8-2,20-9-3)14-15-10-12-16(13-11-15)21-17(4,5)6;1-5-18-17-13-11-16(12-14-17)10-9-15-22(19-6-2,20-7-3)21-8-4;1-5-18-21(19-6-2,20-7-3)14-8-9-15-10-12-16(17-4)13-11-15;1-5-16-15-11-9-14(10-12-15)13-20(17-6-2,18-7-3)19-8-4/h9-10,14H,4-8,11-13H2,1-3H3;12-14H,6-11H2,1-5H3;10-13H,7-9,14H2,1-6H3;11-14H,5-10,15H2,1-4H3;10-13H,5-9,14H2,1-4H3;9-12H,5-8,13H2,1-4H3. The Bertz CT molecular complexity index is 3620. The maximum Gasteiger partial charge on any atom is 0.505 e. The Hall–Kier alpha value is -5.70. The summed E-state index contributed by atoms with van der Waals surface area (Å²) in [5.74, 6) is 6.86. The van der Waals surface area contributed by atoms with Crippen LogP contribution in [-0.4, -0.2) is 225 Å². The summed E-state index contributed by atoms with van der Waals surface area (Å²) in [6, 6.07) is 49.4. The molecular formula is C99H172O26Si6. The van der Waals surface area contributed by atoms with Crippen LogP contribution in [0.25, 0.3) is 0 Å². The summed E-state index contributed by atoms with van der Waals surface area (Å²) in [6.45, 7) is 59.5. The summed E-state index contributed by atoms with van der Waals surface area (Å²) in [5, 5.41) is 0. The molecule has 0 bridgehead atoms. The minimum Gasteiger partial charge on any atom is -0.497 e. The maximum atomic E-state index is 5.89. The molecule has 6 aromatic rings. The zero-order valence-electron chi connectivity index (χ0n) is 85.3. The van der Waals surface area contributed by atoms with Gasteiger partial charge in [0.05, 0.1) is 34.5 Å². The molecule has 0 N–H and O–H groups in total. The fourth-order valence-corrected chi connectivity index (χ4v) is 30.0. The average molecular weight is 1950 g/mol. The minimum absolute atomic E-state index is 0.192. The second kappa shape index (κ2) is 71.7. The van der Waals surface area contributed by atoms with E-state index in [0.717, 1.165) is 133 Å². The number of benzene rings is 6. The van der Waals surface area contributed by atoms with E-state index >= 15 is 0 Å². The predicted molar refractivity (Wildman–Crippen MR) is 536 cm³/mol. The summed E-state index contributed by atoms with van der Waals surface area (Å²) < 4.78 is 149. The van der Waals surface area contributed by atoms with Gasteiger partial charge in [0.15, 0.2) is 11.5 Å². The largest absolute Gasteiger partial charge is 0.505 e. The van der Waals surface area contributed by atoms with Crippen molar-refractivity contribution in [3.05, 3.63) is 167 Å². The SMILES string of the molecule is CCO[Si](CCCc1cc(OC)cc(OC)c1)(OCC)OCC.CCO[Si](CCCc1ccc(OC)cc1)(OCC)OCC.CCO[Si](CCCc1ccc2c(c1)OCCO2)(OCC)OCC.CCO[Si](Cc1ccc(OC(C)(C)C)cc1)(OCC)OCC.CCOc1ccc(CCC[Si](OCC)(OCC)OCC)cc1.CCOc1ccc(C[Si](OCC)(OCC)OCC)cc1. The molecule has 131 heavy (non-hydrogen) atoms. The van der Waals surface area contributed by atoms with Crippen LogP contribution < -0.4 is 37.9 Å². The average Bonchev–Trinajstić information content (AvgIpc) is 0.850. The van der Waals surface area contributed by atoms with Crippen LogP contribution in [0.1, 0.15) is 218 Å². The van der Waals surface area contributed by atoms with Gasteiger partial charge in [-0.2, -0.15) is 0 Å². The summed E-state index contributed by atoms with van der Waals surface area (Å²) in [6.07, 6.45) is 7.72. The Kier molecular flexibility index (Phi) is 66.5. The molecule has 6 aromatic carbocycles. The normalized spacial score (nSPS) is 12.2. The molecule has 0 unspecified atom stereocenters. The molecule has 0 aliphatic carbocycles. The van der Waals surface area contributed by atoms with Crippen molar-refractivity contribution in [2.75, 3.05) is 167 Å². The zero-order valence-corrected chi connectivity index (χ0v) is 91.3. The molecule has 0 spiro atoms. The number of rotatable bonds is 64. The molecule has 7 rings (SSSR count). The van der Waals surface area contributed by atoms with Gasteiger partial charge in [-0.3, -0.25) is 0 Å². The van der Waals surface area contributed by atoms with E-state index in [4.69, 9.17) is 118 Å². The monoisotopic (exact) mass is 1950 g/mol. The molecular weight excluding hydrogens is 1770 g/mol. The molecule has 0 saturated carbocycles. The highest BCUT2D eigenvalue weighted by Gasteiger charge is 2.45. The smallest absolute Gasteiger partial charge is 0.497 e. The molecule has 1 aliphatic heterocycles. The Morgan fingerprint density at radius 1 is 0.229 bits per heavy atom. The molecule has 32 heteroatoms. The summed E-state index contributed by atoms with van der Waals surface area (Å²) >= 11 is 0. The van der Waals surface area contributed by atoms with Crippen molar-refractivity contribution in [2.45, 2.75) is 252 Å².